The number of nitrogen functional groups attached to an aromatic ring is 1. The van der Waals surface area contributed by atoms with Gasteiger partial charge in [-0.05, 0) is 18.9 Å². The first-order valence-electron chi connectivity index (χ1n) is 5.78. The van der Waals surface area contributed by atoms with Gasteiger partial charge in [0.2, 0.25) is 0 Å². The van der Waals surface area contributed by atoms with Gasteiger partial charge in [0.25, 0.3) is 11.6 Å². The van der Waals surface area contributed by atoms with Gasteiger partial charge in [-0.3, -0.25) is 20.3 Å². The molecule has 0 aliphatic carbocycles. The summed E-state index contributed by atoms with van der Waals surface area (Å²) < 4.78 is 0. The molecular formula is C11H13ClN4O3. The number of anilines is 1. The monoisotopic (exact) mass is 284 g/mol. The number of amides is 1. The minimum Gasteiger partial charge on any atom is -0.365 e. The molecule has 2 rings (SSSR count). The van der Waals surface area contributed by atoms with Crippen LogP contribution in [0.4, 0.5) is 11.4 Å². The number of nitrogens with two attached hydrogens (primary N) is 1. The molecule has 1 aromatic rings. The Morgan fingerprint density at radius 1 is 1.42 bits per heavy atom. The van der Waals surface area contributed by atoms with Crippen LogP contribution in [0.25, 0.3) is 0 Å². The van der Waals surface area contributed by atoms with Crippen LogP contribution in [0.1, 0.15) is 23.2 Å². The Kier molecular flexibility index (Phi) is 3.87. The smallest absolute Gasteiger partial charge is 0.294 e. The number of hydrazine groups is 1. The lowest BCUT2D eigenvalue weighted by Crippen LogP contribution is -2.30. The highest BCUT2D eigenvalue weighted by molar-refractivity contribution is 6.34. The zero-order valence-corrected chi connectivity index (χ0v) is 10.8. The molecule has 3 N–H and O–H groups in total. The molecule has 1 saturated heterocycles. The largest absolute Gasteiger partial charge is 0.365 e. The summed E-state index contributed by atoms with van der Waals surface area (Å²) in [6.07, 6.45) is 1.94. The molecule has 1 amide bonds. The maximum Gasteiger partial charge on any atom is 0.294 e. The van der Waals surface area contributed by atoms with E-state index in [0.717, 1.165) is 25.9 Å². The molecule has 19 heavy (non-hydrogen) atoms. The Bertz CT molecular complexity index is 529. The molecule has 0 saturated carbocycles. The van der Waals surface area contributed by atoms with Crippen molar-refractivity contribution < 1.29 is 9.72 Å². The van der Waals surface area contributed by atoms with E-state index < -0.39 is 10.8 Å². The van der Waals surface area contributed by atoms with Crippen LogP contribution < -0.4 is 16.2 Å². The Balaban J connectivity index is 2.53. The molecule has 0 radical (unpaired) electrons. The lowest BCUT2D eigenvalue weighted by Gasteiger charge is -2.19. The van der Waals surface area contributed by atoms with Gasteiger partial charge in [-0.25, -0.2) is 5.84 Å². The first-order valence-corrected chi connectivity index (χ1v) is 6.16. The predicted octanol–water partition coefficient (Wildman–Crippen LogP) is 1.45. The fourth-order valence-electron chi connectivity index (χ4n) is 2.19. The van der Waals surface area contributed by atoms with Gasteiger partial charge in [0.15, 0.2) is 0 Å². The standard InChI is InChI=1S/C11H13ClN4O3/c12-8-5-7(11(17)14-13)6-9(16(18)19)10(8)15-3-1-2-4-15/h5-6H,1-4,13H2,(H,14,17). The third-order valence-corrected chi connectivity index (χ3v) is 3.34. The Labute approximate surface area is 114 Å². The number of nitrogens with zero attached hydrogens (tertiary/aromatic N) is 2. The summed E-state index contributed by atoms with van der Waals surface area (Å²) in [5.74, 6) is 4.40. The van der Waals surface area contributed by atoms with Crippen LogP contribution in [0.2, 0.25) is 5.02 Å². The van der Waals surface area contributed by atoms with Crippen molar-refractivity contribution in [2.75, 3.05) is 18.0 Å². The maximum absolute atomic E-state index is 11.4. The number of carbonyl (C=O) groups excluding carboxylic acids is 1. The molecule has 1 heterocycles. The van der Waals surface area contributed by atoms with E-state index in [0.29, 0.717) is 5.69 Å². The summed E-state index contributed by atoms with van der Waals surface area (Å²) in [7, 11) is 0. The molecule has 1 aromatic carbocycles. The van der Waals surface area contributed by atoms with Gasteiger partial charge in [0, 0.05) is 24.7 Å². The second-order valence-electron chi connectivity index (χ2n) is 4.25. The normalized spacial score (nSPS) is 14.5. The number of carbonyl (C=O) groups is 1. The third-order valence-electron chi connectivity index (χ3n) is 3.06. The molecule has 8 heteroatoms. The Morgan fingerprint density at radius 2 is 2.05 bits per heavy atom. The summed E-state index contributed by atoms with van der Waals surface area (Å²) in [5, 5.41) is 11.3. The zero-order chi connectivity index (χ0) is 14.0. The molecule has 1 fully saturated rings. The van der Waals surface area contributed by atoms with Crippen LogP contribution in [0.15, 0.2) is 12.1 Å². The van der Waals surface area contributed by atoms with Crippen molar-refractivity contribution in [3.63, 3.8) is 0 Å². The average Bonchev–Trinajstić information content (AvgIpc) is 2.90. The molecule has 7 nitrogen and oxygen atoms in total. The van der Waals surface area contributed by atoms with Crippen molar-refractivity contribution in [1.82, 2.24) is 5.43 Å². The van der Waals surface area contributed by atoms with Gasteiger partial charge in [0.05, 0.1) is 9.95 Å². The SMILES string of the molecule is NNC(=O)c1cc(Cl)c(N2CCCC2)c([N+](=O)[O-])c1. The summed E-state index contributed by atoms with van der Waals surface area (Å²) >= 11 is 6.09. The predicted molar refractivity (Wildman–Crippen MR) is 71.2 cm³/mol. The van der Waals surface area contributed by atoms with Gasteiger partial charge in [0.1, 0.15) is 5.69 Å². The number of nitrogens with one attached hydrogen (secondary N) is 1. The van der Waals surface area contributed by atoms with Crippen molar-refractivity contribution in [3.05, 3.63) is 32.8 Å². The minimum atomic E-state index is -0.613. The number of hydrogen-bond acceptors (Lipinski definition) is 5. The van der Waals surface area contributed by atoms with Gasteiger partial charge in [-0.2, -0.15) is 0 Å². The molecular weight excluding hydrogens is 272 g/mol. The van der Waals surface area contributed by atoms with Gasteiger partial charge in [-0.1, -0.05) is 11.6 Å². The molecule has 0 aromatic heterocycles. The van der Waals surface area contributed by atoms with Crippen LogP contribution in [-0.2, 0) is 0 Å². The Hall–Kier alpha value is -1.86. The summed E-state index contributed by atoms with van der Waals surface area (Å²) in [6, 6.07) is 2.59. The third kappa shape index (κ3) is 2.61. The first-order chi connectivity index (χ1) is 9.04. The lowest BCUT2D eigenvalue weighted by molar-refractivity contribution is -0.384. The Morgan fingerprint density at radius 3 is 2.58 bits per heavy atom. The average molecular weight is 285 g/mol. The quantitative estimate of drug-likeness (QED) is 0.379. The highest BCUT2D eigenvalue weighted by Crippen LogP contribution is 2.38. The second-order valence-corrected chi connectivity index (χ2v) is 4.66. The minimum absolute atomic E-state index is 0.0714. The van der Waals surface area contributed by atoms with Crippen LogP contribution in [0.5, 0.6) is 0 Å². The van der Waals surface area contributed by atoms with Crippen molar-refractivity contribution >= 4 is 28.9 Å². The van der Waals surface area contributed by atoms with Crippen LogP contribution in [-0.4, -0.2) is 23.9 Å². The van der Waals surface area contributed by atoms with Gasteiger partial charge < -0.3 is 4.90 Å². The number of nitro groups is 1. The van der Waals surface area contributed by atoms with Crippen LogP contribution in [0, 0.1) is 10.1 Å². The molecule has 102 valence electrons. The van der Waals surface area contributed by atoms with E-state index in [4.69, 9.17) is 17.4 Å². The molecule has 0 spiro atoms. The van der Waals surface area contributed by atoms with Crippen molar-refractivity contribution in [1.29, 1.82) is 0 Å². The number of benzene rings is 1. The van der Waals surface area contributed by atoms with E-state index in [-0.39, 0.29) is 16.3 Å². The van der Waals surface area contributed by atoms with E-state index in [1.54, 1.807) is 0 Å². The van der Waals surface area contributed by atoms with Crippen molar-refractivity contribution in [2.24, 2.45) is 5.84 Å². The van der Waals surface area contributed by atoms with Crippen LogP contribution in [0.3, 0.4) is 0 Å². The van der Waals surface area contributed by atoms with E-state index in [1.807, 2.05) is 10.3 Å². The van der Waals surface area contributed by atoms with E-state index >= 15 is 0 Å². The van der Waals surface area contributed by atoms with Crippen molar-refractivity contribution in [3.8, 4) is 0 Å². The highest BCUT2D eigenvalue weighted by atomic mass is 35.5. The molecule has 1 aliphatic heterocycles. The number of halogens is 1. The fourth-order valence-corrected chi connectivity index (χ4v) is 2.53. The van der Waals surface area contributed by atoms with Crippen molar-refractivity contribution in [2.45, 2.75) is 12.8 Å². The summed E-state index contributed by atoms with van der Waals surface area (Å²) in [5.41, 5.74) is 2.20. The summed E-state index contributed by atoms with van der Waals surface area (Å²) in [6.45, 7) is 1.45. The van der Waals surface area contributed by atoms with Gasteiger partial charge in [-0.15, -0.1) is 0 Å². The fraction of sp³-hybridized carbons (Fsp3) is 0.364. The molecule has 0 bridgehead atoms. The molecule has 1 aliphatic rings. The van der Waals surface area contributed by atoms with Crippen LogP contribution >= 0.6 is 11.6 Å². The number of nitro benzene ring substituents is 1. The first kappa shape index (κ1) is 13.6. The second kappa shape index (κ2) is 5.41. The molecule has 0 unspecified atom stereocenters. The molecule has 0 atom stereocenters. The van der Waals surface area contributed by atoms with E-state index in [9.17, 15) is 14.9 Å². The lowest BCUT2D eigenvalue weighted by atomic mass is 10.1. The number of hydrogen-bond donors (Lipinski definition) is 2. The maximum atomic E-state index is 11.4. The highest BCUT2D eigenvalue weighted by Gasteiger charge is 2.27. The zero-order valence-electron chi connectivity index (χ0n) is 10.1. The van der Waals surface area contributed by atoms with Gasteiger partial charge >= 0.3 is 0 Å². The summed E-state index contributed by atoms with van der Waals surface area (Å²) in [4.78, 5) is 23.9. The number of rotatable bonds is 3. The van der Waals surface area contributed by atoms with E-state index in [1.165, 1.54) is 12.1 Å². The topological polar surface area (TPSA) is 102 Å². The van der Waals surface area contributed by atoms with E-state index in [2.05, 4.69) is 0 Å².